The Labute approximate surface area is 111 Å². The normalized spacial score (nSPS) is 23.2. The second-order valence-electron chi connectivity index (χ2n) is 4.56. The molecule has 7 heteroatoms. The highest BCUT2D eigenvalue weighted by atomic mass is 32.2. The highest BCUT2D eigenvalue weighted by Gasteiger charge is 2.29. The van der Waals surface area contributed by atoms with Gasteiger partial charge in [-0.1, -0.05) is 6.92 Å². The van der Waals surface area contributed by atoms with Gasteiger partial charge in [-0.2, -0.15) is 11.8 Å². The van der Waals surface area contributed by atoms with Gasteiger partial charge in [0.05, 0.1) is 0 Å². The molecule has 1 heterocycles. The number of thioether (sulfide) groups is 1. The molecule has 100 valence electrons. The number of hydrogen-bond acceptors (Lipinski definition) is 5. The predicted octanol–water partition coefficient (Wildman–Crippen LogP) is 0.806. The van der Waals surface area contributed by atoms with Crippen LogP contribution in [0.15, 0.2) is 6.33 Å². The minimum absolute atomic E-state index is 0.0782. The number of nitrogens with zero attached hydrogens (tertiary/aromatic N) is 5. The fraction of sp³-hybridized carbons (Fsp3) is 0.818. The Morgan fingerprint density at radius 3 is 3.06 bits per heavy atom. The monoisotopic (exact) mass is 269 g/mol. The first-order valence-electron chi connectivity index (χ1n) is 6.28. The lowest BCUT2D eigenvalue weighted by Gasteiger charge is -2.24. The first-order valence-corrected chi connectivity index (χ1v) is 7.33. The summed E-state index contributed by atoms with van der Waals surface area (Å²) in [6.07, 6.45) is 4.90. The number of likely N-dealkylation sites (N-methyl/N-ethyl adjacent to an activating group) is 1. The van der Waals surface area contributed by atoms with Gasteiger partial charge in [-0.05, 0) is 35.4 Å². The van der Waals surface area contributed by atoms with E-state index in [0.29, 0.717) is 11.3 Å². The smallest absolute Gasteiger partial charge is 0.244 e. The van der Waals surface area contributed by atoms with Crippen LogP contribution in [0.25, 0.3) is 0 Å². The Bertz CT molecular complexity index is 383. The van der Waals surface area contributed by atoms with Crippen LogP contribution < -0.4 is 0 Å². The summed E-state index contributed by atoms with van der Waals surface area (Å²) in [5.41, 5.74) is 0. The Kier molecular flexibility index (Phi) is 4.57. The summed E-state index contributed by atoms with van der Waals surface area (Å²) in [6.45, 7) is 2.41. The number of rotatable bonds is 5. The Morgan fingerprint density at radius 2 is 2.39 bits per heavy atom. The van der Waals surface area contributed by atoms with Crippen LogP contribution in [0.1, 0.15) is 26.2 Å². The summed E-state index contributed by atoms with van der Waals surface area (Å²) in [7, 11) is 1.89. The van der Waals surface area contributed by atoms with Crippen molar-refractivity contribution in [2.45, 2.75) is 44.0 Å². The molecule has 1 saturated carbocycles. The molecule has 0 spiro atoms. The minimum atomic E-state index is 0.0782. The number of carbonyl (C=O) groups is 1. The molecule has 2 rings (SSSR count). The summed E-state index contributed by atoms with van der Waals surface area (Å²) in [6, 6.07) is 0.373. The van der Waals surface area contributed by atoms with Gasteiger partial charge < -0.3 is 4.90 Å². The van der Waals surface area contributed by atoms with Crippen LogP contribution in [0, 0.1) is 0 Å². The van der Waals surface area contributed by atoms with Crippen molar-refractivity contribution in [2.24, 2.45) is 0 Å². The molecule has 1 aromatic heterocycles. The van der Waals surface area contributed by atoms with E-state index >= 15 is 0 Å². The molecule has 0 saturated heterocycles. The molecular weight excluding hydrogens is 250 g/mol. The van der Waals surface area contributed by atoms with E-state index in [2.05, 4.69) is 22.4 Å². The molecule has 0 aliphatic heterocycles. The predicted molar refractivity (Wildman–Crippen MR) is 70.1 cm³/mol. The molecule has 2 atom stereocenters. The highest BCUT2D eigenvalue weighted by Crippen LogP contribution is 2.32. The maximum atomic E-state index is 12.1. The Hall–Kier alpha value is -1.11. The second kappa shape index (κ2) is 6.17. The average Bonchev–Trinajstić information content (AvgIpc) is 3.00. The Balaban J connectivity index is 1.84. The van der Waals surface area contributed by atoms with Crippen LogP contribution in [0.3, 0.4) is 0 Å². The van der Waals surface area contributed by atoms with Crippen molar-refractivity contribution in [3.63, 3.8) is 0 Å². The van der Waals surface area contributed by atoms with Crippen molar-refractivity contribution >= 4 is 17.7 Å². The second-order valence-corrected chi connectivity index (χ2v) is 6.13. The molecule has 1 aliphatic carbocycles. The molecule has 2 unspecified atom stereocenters. The fourth-order valence-electron chi connectivity index (χ4n) is 2.36. The zero-order valence-electron chi connectivity index (χ0n) is 10.8. The van der Waals surface area contributed by atoms with Crippen LogP contribution >= 0.6 is 11.8 Å². The molecule has 1 fully saturated rings. The molecule has 1 aromatic rings. The molecule has 1 aliphatic rings. The molecule has 0 N–H and O–H groups in total. The van der Waals surface area contributed by atoms with Gasteiger partial charge in [0.2, 0.25) is 5.91 Å². The Morgan fingerprint density at radius 1 is 1.56 bits per heavy atom. The SMILES string of the molecule is CCSC1CCC(N(C)C(=O)Cn2cnnn2)C1. The summed E-state index contributed by atoms with van der Waals surface area (Å²) in [5.74, 6) is 1.23. The summed E-state index contributed by atoms with van der Waals surface area (Å²) in [5, 5.41) is 11.5. The first-order chi connectivity index (χ1) is 8.70. The van der Waals surface area contributed by atoms with E-state index in [1.54, 1.807) is 0 Å². The average molecular weight is 269 g/mol. The number of tetrazole rings is 1. The van der Waals surface area contributed by atoms with E-state index in [4.69, 9.17) is 0 Å². The lowest BCUT2D eigenvalue weighted by molar-refractivity contribution is -0.132. The van der Waals surface area contributed by atoms with Crippen molar-refractivity contribution < 1.29 is 4.79 Å². The van der Waals surface area contributed by atoms with Gasteiger partial charge in [-0.15, -0.1) is 5.10 Å². The van der Waals surface area contributed by atoms with Crippen molar-refractivity contribution in [3.05, 3.63) is 6.33 Å². The zero-order chi connectivity index (χ0) is 13.0. The van der Waals surface area contributed by atoms with Gasteiger partial charge in [-0.3, -0.25) is 4.79 Å². The van der Waals surface area contributed by atoms with Crippen molar-refractivity contribution in [1.29, 1.82) is 0 Å². The topological polar surface area (TPSA) is 63.9 Å². The van der Waals surface area contributed by atoms with Gasteiger partial charge in [0.25, 0.3) is 0 Å². The lowest BCUT2D eigenvalue weighted by atomic mass is 10.2. The quantitative estimate of drug-likeness (QED) is 0.791. The van der Waals surface area contributed by atoms with Crippen LogP contribution in [0.2, 0.25) is 0 Å². The van der Waals surface area contributed by atoms with Crippen LogP contribution in [-0.4, -0.2) is 55.1 Å². The zero-order valence-corrected chi connectivity index (χ0v) is 11.6. The molecule has 1 amide bonds. The van der Waals surface area contributed by atoms with E-state index in [9.17, 15) is 4.79 Å². The summed E-state index contributed by atoms with van der Waals surface area (Å²) >= 11 is 2.00. The molecule has 0 bridgehead atoms. The highest BCUT2D eigenvalue weighted by molar-refractivity contribution is 7.99. The lowest BCUT2D eigenvalue weighted by Crippen LogP contribution is -2.37. The van der Waals surface area contributed by atoms with E-state index in [1.165, 1.54) is 17.4 Å². The van der Waals surface area contributed by atoms with Crippen LogP contribution in [0.4, 0.5) is 0 Å². The largest absolute Gasteiger partial charge is 0.341 e. The summed E-state index contributed by atoms with van der Waals surface area (Å²) in [4.78, 5) is 13.9. The minimum Gasteiger partial charge on any atom is -0.341 e. The van der Waals surface area contributed by atoms with Gasteiger partial charge >= 0.3 is 0 Å². The third-order valence-electron chi connectivity index (χ3n) is 3.39. The van der Waals surface area contributed by atoms with Gasteiger partial charge in [-0.25, -0.2) is 4.68 Å². The van der Waals surface area contributed by atoms with Crippen LogP contribution in [-0.2, 0) is 11.3 Å². The fourth-order valence-corrected chi connectivity index (χ4v) is 3.50. The first kappa shape index (κ1) is 13.3. The van der Waals surface area contributed by atoms with Gasteiger partial charge in [0.15, 0.2) is 0 Å². The summed E-state index contributed by atoms with van der Waals surface area (Å²) < 4.78 is 1.46. The van der Waals surface area contributed by atoms with Crippen molar-refractivity contribution in [2.75, 3.05) is 12.8 Å². The van der Waals surface area contributed by atoms with Crippen molar-refractivity contribution in [3.8, 4) is 0 Å². The van der Waals surface area contributed by atoms with Crippen LogP contribution in [0.5, 0.6) is 0 Å². The third-order valence-corrected chi connectivity index (χ3v) is 4.62. The molecule has 0 radical (unpaired) electrons. The van der Waals surface area contributed by atoms with E-state index in [1.807, 2.05) is 23.7 Å². The van der Waals surface area contributed by atoms with E-state index in [0.717, 1.165) is 18.6 Å². The molecule has 18 heavy (non-hydrogen) atoms. The maximum absolute atomic E-state index is 12.1. The third kappa shape index (κ3) is 3.22. The number of amides is 1. The number of carbonyl (C=O) groups excluding carboxylic acids is 1. The molecular formula is C11H19N5OS. The standard InChI is InChI=1S/C11H19N5OS/c1-3-18-10-5-4-9(6-10)15(2)11(17)7-16-8-12-13-14-16/h8-10H,3-7H2,1-2H3. The van der Waals surface area contributed by atoms with E-state index in [-0.39, 0.29) is 12.5 Å². The number of aromatic nitrogens is 4. The van der Waals surface area contributed by atoms with Gasteiger partial charge in [0.1, 0.15) is 12.9 Å². The molecule has 0 aromatic carbocycles. The molecule has 6 nitrogen and oxygen atoms in total. The van der Waals surface area contributed by atoms with Crippen molar-refractivity contribution in [1.82, 2.24) is 25.1 Å². The van der Waals surface area contributed by atoms with Gasteiger partial charge in [0, 0.05) is 18.3 Å². The number of hydrogen-bond donors (Lipinski definition) is 0. The maximum Gasteiger partial charge on any atom is 0.244 e. The van der Waals surface area contributed by atoms with E-state index < -0.39 is 0 Å².